The minimum absolute atomic E-state index is 0.0113. The van der Waals surface area contributed by atoms with Crippen LogP contribution in [0.3, 0.4) is 0 Å². The second kappa shape index (κ2) is 8.69. The standard InChI is InChI=1S/C24H19ClN4O5S/c1-24(2,14-26)16-5-7-17(8-6-16)35(33,34)27-19-10-9-18(25)20-21(19)23(31)29(22(20)30)13-15-4-3-11-28(32)12-15/h3-12H,13H2,1-2H3,(H-,27,31,32)/p+1. The smallest absolute Gasteiger partial charge is 0.264 e. The van der Waals surface area contributed by atoms with Crippen LogP contribution in [0.4, 0.5) is 5.69 Å². The van der Waals surface area contributed by atoms with Gasteiger partial charge in [-0.1, -0.05) is 23.7 Å². The van der Waals surface area contributed by atoms with Gasteiger partial charge in [-0.2, -0.15) is 5.26 Å². The average Bonchev–Trinajstić information content (AvgIpc) is 3.07. The highest BCUT2D eigenvalue weighted by molar-refractivity contribution is 7.92. The number of fused-ring (bicyclic) bond motifs is 1. The molecular weight excluding hydrogens is 492 g/mol. The van der Waals surface area contributed by atoms with Crippen molar-refractivity contribution in [2.24, 2.45) is 0 Å². The number of halogens is 1. The lowest BCUT2D eigenvalue weighted by molar-refractivity contribution is -0.905. The highest BCUT2D eigenvalue weighted by Crippen LogP contribution is 2.36. The van der Waals surface area contributed by atoms with E-state index in [1.54, 1.807) is 38.1 Å². The summed E-state index contributed by atoms with van der Waals surface area (Å²) < 4.78 is 29.3. The van der Waals surface area contributed by atoms with Crippen LogP contribution in [-0.2, 0) is 22.0 Å². The molecule has 4 rings (SSSR count). The molecule has 0 aliphatic carbocycles. The number of aromatic nitrogens is 1. The first-order chi connectivity index (χ1) is 16.4. The van der Waals surface area contributed by atoms with Crippen LogP contribution in [0.5, 0.6) is 0 Å². The molecule has 2 amide bonds. The Balaban J connectivity index is 1.67. The molecule has 0 atom stereocenters. The minimum atomic E-state index is -4.13. The van der Waals surface area contributed by atoms with Gasteiger partial charge in [0, 0.05) is 16.4 Å². The first kappa shape index (κ1) is 24.2. The second-order valence-corrected chi connectivity index (χ2v) is 10.6. The summed E-state index contributed by atoms with van der Waals surface area (Å²) in [6.45, 7) is 3.29. The third-order valence-electron chi connectivity index (χ3n) is 5.67. The number of rotatable bonds is 6. The number of carbonyl (C=O) groups is 2. The Bertz CT molecular complexity index is 1510. The monoisotopic (exact) mass is 511 g/mol. The lowest BCUT2D eigenvalue weighted by Gasteiger charge is -2.16. The number of nitrogens with zero attached hydrogens (tertiary/aromatic N) is 3. The van der Waals surface area contributed by atoms with Crippen molar-refractivity contribution in [3.8, 4) is 6.07 Å². The van der Waals surface area contributed by atoms with Crippen molar-refractivity contribution in [2.45, 2.75) is 30.7 Å². The number of hydrogen-bond acceptors (Lipinski definition) is 6. The molecule has 1 aliphatic rings. The number of carbonyl (C=O) groups excluding carboxylic acids is 2. The Morgan fingerprint density at radius 3 is 2.37 bits per heavy atom. The summed E-state index contributed by atoms with van der Waals surface area (Å²) in [5.41, 5.74) is -0.0123. The molecule has 2 N–H and O–H groups in total. The maximum atomic E-state index is 13.2. The number of nitriles is 1. The zero-order valence-corrected chi connectivity index (χ0v) is 20.3. The number of amides is 2. The van der Waals surface area contributed by atoms with Crippen LogP contribution < -0.4 is 9.45 Å². The minimum Gasteiger partial charge on any atom is -0.285 e. The predicted molar refractivity (Wildman–Crippen MR) is 125 cm³/mol. The Morgan fingerprint density at radius 2 is 1.74 bits per heavy atom. The van der Waals surface area contributed by atoms with Crippen molar-refractivity contribution >= 4 is 39.1 Å². The maximum Gasteiger partial charge on any atom is 0.264 e. The lowest BCUT2D eigenvalue weighted by Crippen LogP contribution is -2.33. The number of nitrogens with one attached hydrogen (secondary N) is 1. The molecular formula is C24H20ClN4O5S+. The van der Waals surface area contributed by atoms with E-state index in [2.05, 4.69) is 10.8 Å². The average molecular weight is 512 g/mol. The fourth-order valence-electron chi connectivity index (χ4n) is 3.71. The van der Waals surface area contributed by atoms with Crippen molar-refractivity contribution in [3.05, 3.63) is 88.2 Å². The molecule has 3 aromatic rings. The summed E-state index contributed by atoms with van der Waals surface area (Å²) in [5.74, 6) is -1.39. The van der Waals surface area contributed by atoms with Crippen LogP contribution in [0, 0.1) is 11.3 Å². The Labute approximate surface area is 206 Å². The Hall–Kier alpha value is -3.94. The van der Waals surface area contributed by atoms with Crippen molar-refractivity contribution in [1.29, 1.82) is 5.26 Å². The van der Waals surface area contributed by atoms with E-state index in [1.807, 2.05) is 0 Å². The summed E-state index contributed by atoms with van der Waals surface area (Å²) in [7, 11) is -4.13. The van der Waals surface area contributed by atoms with E-state index in [-0.39, 0.29) is 33.3 Å². The molecule has 178 valence electrons. The van der Waals surface area contributed by atoms with Gasteiger partial charge >= 0.3 is 0 Å². The highest BCUT2D eigenvalue weighted by Gasteiger charge is 2.40. The molecule has 2 aromatic carbocycles. The maximum absolute atomic E-state index is 13.2. The molecule has 0 fully saturated rings. The number of benzene rings is 2. The first-order valence-corrected chi connectivity index (χ1v) is 12.2. The van der Waals surface area contributed by atoms with Crippen molar-refractivity contribution in [3.63, 3.8) is 0 Å². The number of anilines is 1. The van der Waals surface area contributed by atoms with Crippen molar-refractivity contribution in [2.75, 3.05) is 4.72 Å². The molecule has 0 bridgehead atoms. The van der Waals surface area contributed by atoms with E-state index in [0.717, 1.165) is 9.63 Å². The molecule has 35 heavy (non-hydrogen) atoms. The van der Waals surface area contributed by atoms with Crippen LogP contribution in [-0.4, -0.2) is 30.3 Å². The van der Waals surface area contributed by atoms with Gasteiger partial charge in [-0.3, -0.25) is 24.4 Å². The Morgan fingerprint density at radius 1 is 1.09 bits per heavy atom. The fourth-order valence-corrected chi connectivity index (χ4v) is 5.02. The SMILES string of the molecule is CC(C)(C#N)c1ccc(S(=O)(=O)Nc2ccc(Cl)c3c2C(=O)N(Cc2ccc[n+](O)c2)C3=O)cc1. The zero-order chi connectivity index (χ0) is 25.5. The molecule has 1 aromatic heterocycles. The molecule has 2 heterocycles. The van der Waals surface area contributed by atoms with E-state index in [9.17, 15) is 28.5 Å². The van der Waals surface area contributed by atoms with E-state index in [1.165, 1.54) is 36.7 Å². The second-order valence-electron chi connectivity index (χ2n) is 8.50. The number of imide groups is 1. The molecule has 0 saturated carbocycles. The molecule has 9 nitrogen and oxygen atoms in total. The predicted octanol–water partition coefficient (Wildman–Crippen LogP) is 3.26. The number of hydrogen-bond donors (Lipinski definition) is 2. The molecule has 0 spiro atoms. The highest BCUT2D eigenvalue weighted by atomic mass is 35.5. The van der Waals surface area contributed by atoms with Crippen LogP contribution in [0.2, 0.25) is 5.02 Å². The van der Waals surface area contributed by atoms with E-state index in [0.29, 0.717) is 11.1 Å². The van der Waals surface area contributed by atoms with Gasteiger partial charge in [-0.05, 0) is 49.7 Å². The first-order valence-electron chi connectivity index (χ1n) is 10.4. The fraction of sp³-hybridized carbons (Fsp3) is 0.167. The van der Waals surface area contributed by atoms with Crippen LogP contribution in [0.15, 0.2) is 65.8 Å². The third-order valence-corrected chi connectivity index (χ3v) is 7.37. The van der Waals surface area contributed by atoms with Gasteiger partial charge in [-0.25, -0.2) is 8.42 Å². The van der Waals surface area contributed by atoms with Gasteiger partial charge in [0.15, 0.2) is 0 Å². The summed E-state index contributed by atoms with van der Waals surface area (Å²) in [6.07, 6.45) is 2.72. The number of sulfonamides is 1. The van der Waals surface area contributed by atoms with Gasteiger partial charge in [-0.15, -0.1) is 0 Å². The molecule has 11 heteroatoms. The Kier molecular flexibility index (Phi) is 6.00. The quantitative estimate of drug-likeness (QED) is 0.296. The summed E-state index contributed by atoms with van der Waals surface area (Å²) in [4.78, 5) is 27.1. The van der Waals surface area contributed by atoms with Gasteiger partial charge < -0.3 is 0 Å². The summed E-state index contributed by atoms with van der Waals surface area (Å²) >= 11 is 6.21. The zero-order valence-electron chi connectivity index (χ0n) is 18.7. The van der Waals surface area contributed by atoms with Gasteiger partial charge in [0.2, 0.25) is 12.4 Å². The molecule has 0 saturated heterocycles. The summed E-state index contributed by atoms with van der Waals surface area (Å²) in [5, 5.41) is 18.9. The van der Waals surface area contributed by atoms with Gasteiger partial charge in [0.05, 0.1) is 44.8 Å². The molecule has 0 radical (unpaired) electrons. The summed E-state index contributed by atoms with van der Waals surface area (Å²) in [6, 6.07) is 13.8. The normalized spacial score (nSPS) is 13.5. The van der Waals surface area contributed by atoms with Crippen LogP contribution in [0.25, 0.3) is 0 Å². The van der Waals surface area contributed by atoms with Gasteiger partial charge in [0.1, 0.15) is 0 Å². The third kappa shape index (κ3) is 4.43. The largest absolute Gasteiger partial charge is 0.285 e. The van der Waals surface area contributed by atoms with Crippen molar-refractivity contribution < 1.29 is 27.9 Å². The molecule has 0 unspecified atom stereocenters. The van der Waals surface area contributed by atoms with E-state index < -0.39 is 27.3 Å². The lowest BCUT2D eigenvalue weighted by atomic mass is 9.87. The van der Waals surface area contributed by atoms with Crippen LogP contribution >= 0.6 is 11.6 Å². The molecule has 1 aliphatic heterocycles. The van der Waals surface area contributed by atoms with Gasteiger partial charge in [0.25, 0.3) is 21.8 Å². The van der Waals surface area contributed by atoms with E-state index in [4.69, 9.17) is 11.6 Å². The number of pyridine rings is 1. The topological polar surface area (TPSA) is 131 Å². The van der Waals surface area contributed by atoms with Crippen molar-refractivity contribution in [1.82, 2.24) is 4.90 Å². The van der Waals surface area contributed by atoms with E-state index >= 15 is 0 Å². The van der Waals surface area contributed by atoms with Crippen LogP contribution in [0.1, 0.15) is 45.7 Å².